The van der Waals surface area contributed by atoms with Crippen molar-refractivity contribution in [3.63, 3.8) is 0 Å². The lowest BCUT2D eigenvalue weighted by atomic mass is 9.72. The van der Waals surface area contributed by atoms with Crippen LogP contribution in [0.2, 0.25) is 0 Å². The van der Waals surface area contributed by atoms with Gasteiger partial charge in [-0.15, -0.1) is 0 Å². The summed E-state index contributed by atoms with van der Waals surface area (Å²) in [7, 11) is 0. The van der Waals surface area contributed by atoms with Crippen LogP contribution in [0.4, 0.5) is 18.9 Å². The highest BCUT2D eigenvalue weighted by atomic mass is 19.4. The van der Waals surface area contributed by atoms with Crippen LogP contribution < -0.4 is 10.2 Å². The highest BCUT2D eigenvalue weighted by Gasteiger charge is 2.72. The molecule has 2 aromatic carbocycles. The molecule has 0 aromatic heterocycles. The van der Waals surface area contributed by atoms with E-state index in [0.29, 0.717) is 5.56 Å². The first-order valence-electron chi connectivity index (χ1n) is 10.9. The number of Topliss-reactive ketones (excluding diaryl/α,β-unsaturated/α-hetero) is 1. The third-order valence-corrected chi connectivity index (χ3v) is 6.43. The molecule has 2 aromatic rings. The van der Waals surface area contributed by atoms with Gasteiger partial charge in [0.15, 0.2) is 5.78 Å². The maximum Gasteiger partial charge on any atom is 0.425 e. The number of alkyl halides is 3. The Bertz CT molecular complexity index is 1230. The predicted octanol–water partition coefficient (Wildman–Crippen LogP) is 5.02. The molecule has 4 rings (SSSR count). The number of carbonyl (C=O) groups is 3. The lowest BCUT2D eigenvalue weighted by Gasteiger charge is -2.35. The Kier molecular flexibility index (Phi) is 5.46. The van der Waals surface area contributed by atoms with Gasteiger partial charge < -0.3 is 5.32 Å². The zero-order chi connectivity index (χ0) is 25.1. The highest BCUT2D eigenvalue weighted by Crippen LogP contribution is 2.52. The first-order chi connectivity index (χ1) is 15.8. The Morgan fingerprint density at radius 2 is 1.59 bits per heavy atom. The minimum Gasteiger partial charge on any atom is -0.326 e. The number of aryl methyl sites for hydroxylation is 2. The molecule has 5 nitrogen and oxygen atoms in total. The van der Waals surface area contributed by atoms with Crippen LogP contribution in [0.25, 0.3) is 0 Å². The van der Waals surface area contributed by atoms with Crippen LogP contribution in [0.5, 0.6) is 0 Å². The molecule has 1 aliphatic carbocycles. The summed E-state index contributed by atoms with van der Waals surface area (Å²) in [6.45, 7) is 6.94. The Labute approximate surface area is 195 Å². The van der Waals surface area contributed by atoms with Crippen molar-refractivity contribution in [2.24, 2.45) is 5.41 Å². The van der Waals surface area contributed by atoms with Crippen LogP contribution in [0, 0.1) is 19.3 Å². The number of rotatable bonds is 3. The van der Waals surface area contributed by atoms with Crippen LogP contribution in [-0.2, 0) is 9.59 Å². The van der Waals surface area contributed by atoms with E-state index in [1.165, 1.54) is 12.1 Å². The third kappa shape index (κ3) is 3.61. The fraction of sp³-hybridized carbons (Fsp3) is 0.346. The highest BCUT2D eigenvalue weighted by molar-refractivity contribution is 6.21. The molecule has 0 saturated heterocycles. The summed E-state index contributed by atoms with van der Waals surface area (Å²) in [5, 5.41) is 1.97. The molecule has 0 spiro atoms. The average Bonchev–Trinajstić information content (AvgIpc) is 2.96. The normalized spacial score (nSPS) is 22.1. The fourth-order valence-corrected chi connectivity index (χ4v) is 4.78. The molecule has 0 saturated carbocycles. The van der Waals surface area contributed by atoms with Crippen LogP contribution in [0.3, 0.4) is 0 Å². The second-order valence-electron chi connectivity index (χ2n) is 9.76. The molecule has 1 N–H and O–H groups in total. The summed E-state index contributed by atoms with van der Waals surface area (Å²) in [6, 6.07) is 12.6. The minimum atomic E-state index is -5.25. The van der Waals surface area contributed by atoms with E-state index >= 15 is 0 Å². The Balaban J connectivity index is 1.95. The van der Waals surface area contributed by atoms with Gasteiger partial charge in [-0.25, -0.2) is 0 Å². The molecule has 2 amide bonds. The standard InChI is InChI=1S/C26H25F3N2O3/c1-15-9-11-17(12-10-15)31-19-13-24(3,4)14-20(32)21(19)25(23(31)34,26(27,28)29)30-22(33)18-8-6-5-7-16(18)2/h5-12H,13-14H2,1-4H3,(H,30,33)/t25-/m1/s1. The summed E-state index contributed by atoms with van der Waals surface area (Å²) in [6.07, 6.45) is -5.34. The van der Waals surface area contributed by atoms with Crippen molar-refractivity contribution >= 4 is 23.3 Å². The lowest BCUT2D eigenvalue weighted by molar-refractivity contribution is -0.186. The van der Waals surface area contributed by atoms with Crippen molar-refractivity contribution in [3.05, 3.63) is 76.5 Å². The number of hydrogen-bond acceptors (Lipinski definition) is 3. The second kappa shape index (κ2) is 7.82. The van der Waals surface area contributed by atoms with Crippen molar-refractivity contribution < 1.29 is 27.6 Å². The predicted molar refractivity (Wildman–Crippen MR) is 121 cm³/mol. The summed E-state index contributed by atoms with van der Waals surface area (Å²) in [5.74, 6) is -3.27. The van der Waals surface area contributed by atoms with E-state index in [4.69, 9.17) is 0 Å². The van der Waals surface area contributed by atoms with E-state index in [1.54, 1.807) is 57.2 Å². The maximum atomic E-state index is 14.9. The molecule has 0 unspecified atom stereocenters. The van der Waals surface area contributed by atoms with Crippen LogP contribution in [-0.4, -0.2) is 29.3 Å². The molecular weight excluding hydrogens is 445 g/mol. The zero-order valence-corrected chi connectivity index (χ0v) is 19.3. The molecule has 178 valence electrons. The van der Waals surface area contributed by atoms with E-state index in [9.17, 15) is 27.6 Å². The van der Waals surface area contributed by atoms with E-state index in [0.717, 1.165) is 10.5 Å². The molecule has 0 bridgehead atoms. The van der Waals surface area contributed by atoms with E-state index in [1.807, 2.05) is 12.2 Å². The van der Waals surface area contributed by atoms with Crippen molar-refractivity contribution in [2.75, 3.05) is 4.90 Å². The molecular formula is C26H25F3N2O3. The summed E-state index contributed by atoms with van der Waals surface area (Å²) < 4.78 is 44.7. The molecule has 0 radical (unpaired) electrons. The number of nitrogens with zero attached hydrogens (tertiary/aromatic N) is 1. The average molecular weight is 470 g/mol. The number of anilines is 1. The van der Waals surface area contributed by atoms with E-state index < -0.39 is 40.3 Å². The molecule has 8 heteroatoms. The Morgan fingerprint density at radius 3 is 2.18 bits per heavy atom. The third-order valence-electron chi connectivity index (χ3n) is 6.43. The molecule has 1 atom stereocenters. The number of halogens is 3. The van der Waals surface area contributed by atoms with Gasteiger partial charge in [-0.3, -0.25) is 19.3 Å². The van der Waals surface area contributed by atoms with Gasteiger partial charge >= 0.3 is 6.18 Å². The largest absolute Gasteiger partial charge is 0.425 e. The van der Waals surface area contributed by atoms with Crippen LogP contribution in [0.15, 0.2) is 59.8 Å². The number of hydrogen-bond donors (Lipinski definition) is 1. The molecule has 34 heavy (non-hydrogen) atoms. The van der Waals surface area contributed by atoms with Gasteiger partial charge in [-0.2, -0.15) is 13.2 Å². The first-order valence-corrected chi connectivity index (χ1v) is 10.9. The van der Waals surface area contributed by atoms with E-state index in [2.05, 4.69) is 0 Å². The number of ketones is 1. The smallest absolute Gasteiger partial charge is 0.326 e. The fourth-order valence-electron chi connectivity index (χ4n) is 4.78. The number of nitrogens with one attached hydrogen (secondary N) is 1. The van der Waals surface area contributed by atoms with Crippen molar-refractivity contribution in [1.29, 1.82) is 0 Å². The van der Waals surface area contributed by atoms with Crippen molar-refractivity contribution in [1.82, 2.24) is 5.32 Å². The topological polar surface area (TPSA) is 66.5 Å². The number of amides is 2. The van der Waals surface area contributed by atoms with Gasteiger partial charge in [0.25, 0.3) is 11.8 Å². The summed E-state index contributed by atoms with van der Waals surface area (Å²) >= 11 is 0. The van der Waals surface area contributed by atoms with Crippen LogP contribution >= 0.6 is 0 Å². The SMILES string of the molecule is Cc1ccc(N2C(=O)[C@@](NC(=O)c3ccccc3C)(C(F)(F)F)C3=C2CC(C)(C)CC3=O)cc1. The van der Waals surface area contributed by atoms with Gasteiger partial charge in [0.05, 0.1) is 5.57 Å². The van der Waals surface area contributed by atoms with E-state index in [-0.39, 0.29) is 29.8 Å². The molecule has 1 heterocycles. The Morgan fingerprint density at radius 1 is 0.971 bits per heavy atom. The second-order valence-corrected chi connectivity index (χ2v) is 9.76. The molecule has 1 aliphatic heterocycles. The van der Waals surface area contributed by atoms with Gasteiger partial charge in [0.2, 0.25) is 5.54 Å². The van der Waals surface area contributed by atoms with Gasteiger partial charge in [-0.05, 0) is 49.4 Å². The number of benzene rings is 2. The monoisotopic (exact) mass is 470 g/mol. The number of carbonyl (C=O) groups excluding carboxylic acids is 3. The van der Waals surface area contributed by atoms with Gasteiger partial charge in [0, 0.05) is 23.4 Å². The molecule has 0 fully saturated rings. The Hall–Kier alpha value is -3.42. The van der Waals surface area contributed by atoms with Gasteiger partial charge in [-0.1, -0.05) is 49.7 Å². The van der Waals surface area contributed by atoms with Crippen molar-refractivity contribution in [3.8, 4) is 0 Å². The minimum absolute atomic E-state index is 0.00144. The molecule has 2 aliphatic rings. The zero-order valence-electron chi connectivity index (χ0n) is 19.3. The van der Waals surface area contributed by atoms with Crippen molar-refractivity contribution in [2.45, 2.75) is 52.3 Å². The summed E-state index contributed by atoms with van der Waals surface area (Å²) in [5.41, 5.74) is -3.31. The maximum absolute atomic E-state index is 14.9. The lowest BCUT2D eigenvalue weighted by Crippen LogP contribution is -2.66. The van der Waals surface area contributed by atoms with Crippen LogP contribution in [0.1, 0.15) is 48.2 Å². The quantitative estimate of drug-likeness (QED) is 0.685. The summed E-state index contributed by atoms with van der Waals surface area (Å²) in [4.78, 5) is 41.0. The first kappa shape index (κ1) is 23.7. The number of allylic oxidation sites excluding steroid dienone is 1. The van der Waals surface area contributed by atoms with Gasteiger partial charge in [0.1, 0.15) is 0 Å².